The smallest absolute Gasteiger partial charge is 0.356 e. The monoisotopic (exact) mass is 401 g/mol. The van der Waals surface area contributed by atoms with E-state index in [9.17, 15) is 9.59 Å². The molecule has 2 aliphatic carbocycles. The van der Waals surface area contributed by atoms with E-state index in [1.165, 1.54) is 7.11 Å². The second-order valence-corrected chi connectivity index (χ2v) is 8.26. The third-order valence-electron chi connectivity index (χ3n) is 6.54. The molecule has 0 spiro atoms. The zero-order valence-corrected chi connectivity index (χ0v) is 16.8. The maximum absolute atomic E-state index is 12.6. The lowest BCUT2D eigenvalue weighted by Crippen LogP contribution is -2.29. The van der Waals surface area contributed by atoms with Crippen LogP contribution in [0.15, 0.2) is 60.7 Å². The molecular weight excluding hydrogens is 378 g/mol. The summed E-state index contributed by atoms with van der Waals surface area (Å²) in [4.78, 5) is 29.5. The van der Waals surface area contributed by atoms with Crippen molar-refractivity contribution < 1.29 is 19.1 Å². The van der Waals surface area contributed by atoms with Crippen LogP contribution >= 0.6 is 0 Å². The Hall–Kier alpha value is -3.21. The molecule has 2 bridgehead atoms. The first-order chi connectivity index (χ1) is 14.6. The SMILES string of the molecule is COC(=O)c1cc2ccccc2c([C@@H]2C[C@@H]3C[C@H]2[C@@H](OC(=O)c2ccccc2)C3)n1. The van der Waals surface area contributed by atoms with E-state index >= 15 is 0 Å². The maximum Gasteiger partial charge on any atom is 0.356 e. The number of fused-ring (bicyclic) bond motifs is 3. The average Bonchev–Trinajstić information content (AvgIpc) is 3.39. The minimum absolute atomic E-state index is 0.121. The van der Waals surface area contributed by atoms with E-state index in [0.717, 1.165) is 35.7 Å². The number of carbonyl (C=O) groups excluding carboxylic acids is 2. The van der Waals surface area contributed by atoms with Gasteiger partial charge in [0.25, 0.3) is 0 Å². The normalized spacial score (nSPS) is 24.7. The van der Waals surface area contributed by atoms with Crippen LogP contribution < -0.4 is 0 Å². The van der Waals surface area contributed by atoms with Crippen molar-refractivity contribution in [2.75, 3.05) is 7.11 Å². The molecule has 0 saturated heterocycles. The van der Waals surface area contributed by atoms with Crippen LogP contribution in [-0.4, -0.2) is 30.1 Å². The van der Waals surface area contributed by atoms with Crippen LogP contribution in [0.2, 0.25) is 0 Å². The van der Waals surface area contributed by atoms with Gasteiger partial charge in [-0.1, -0.05) is 42.5 Å². The van der Waals surface area contributed by atoms with Gasteiger partial charge in [0.2, 0.25) is 0 Å². The van der Waals surface area contributed by atoms with Gasteiger partial charge in [0.05, 0.1) is 18.4 Å². The summed E-state index contributed by atoms with van der Waals surface area (Å²) in [5, 5.41) is 2.03. The fourth-order valence-electron chi connectivity index (χ4n) is 5.23. The molecule has 5 rings (SSSR count). The van der Waals surface area contributed by atoms with Gasteiger partial charge in [0.15, 0.2) is 0 Å². The van der Waals surface area contributed by atoms with Gasteiger partial charge in [0, 0.05) is 17.2 Å². The number of pyridine rings is 1. The summed E-state index contributed by atoms with van der Waals surface area (Å²) in [6, 6.07) is 18.9. The second-order valence-electron chi connectivity index (χ2n) is 8.26. The highest BCUT2D eigenvalue weighted by molar-refractivity contribution is 5.94. The predicted molar refractivity (Wildman–Crippen MR) is 112 cm³/mol. The Morgan fingerprint density at radius 3 is 2.47 bits per heavy atom. The van der Waals surface area contributed by atoms with Gasteiger partial charge < -0.3 is 9.47 Å². The number of aromatic nitrogens is 1. The van der Waals surface area contributed by atoms with Gasteiger partial charge in [-0.15, -0.1) is 0 Å². The highest BCUT2D eigenvalue weighted by Crippen LogP contribution is 2.54. The summed E-state index contributed by atoms with van der Waals surface area (Å²) in [7, 11) is 1.37. The Balaban J connectivity index is 1.47. The minimum Gasteiger partial charge on any atom is -0.464 e. The van der Waals surface area contributed by atoms with E-state index in [1.54, 1.807) is 18.2 Å². The lowest BCUT2D eigenvalue weighted by Gasteiger charge is -2.30. The molecule has 1 aromatic heterocycles. The summed E-state index contributed by atoms with van der Waals surface area (Å²) < 4.78 is 10.9. The van der Waals surface area contributed by atoms with Gasteiger partial charge in [-0.25, -0.2) is 14.6 Å². The summed E-state index contributed by atoms with van der Waals surface area (Å²) in [5.74, 6) is 0.180. The molecule has 0 radical (unpaired) electrons. The van der Waals surface area contributed by atoms with Crippen LogP contribution in [0.5, 0.6) is 0 Å². The number of rotatable bonds is 4. The van der Waals surface area contributed by atoms with Gasteiger partial charge in [-0.05, 0) is 48.8 Å². The number of ether oxygens (including phenoxy) is 2. The molecule has 5 nitrogen and oxygen atoms in total. The standard InChI is InChI=1S/C25H23NO4/c1-29-25(28)21-14-17-9-5-6-10-18(17)23(26-21)20-12-15-11-19(20)22(13-15)30-24(27)16-7-3-2-4-8-16/h2-10,14-15,19-20,22H,11-13H2,1H3/t15-,19+,20+,22-/m0/s1. The van der Waals surface area contributed by atoms with Crippen LogP contribution in [0.1, 0.15) is 51.7 Å². The topological polar surface area (TPSA) is 65.5 Å². The van der Waals surface area contributed by atoms with E-state index in [2.05, 4.69) is 6.07 Å². The van der Waals surface area contributed by atoms with Crippen molar-refractivity contribution in [3.63, 3.8) is 0 Å². The molecule has 2 aliphatic rings. The first-order valence-electron chi connectivity index (χ1n) is 10.4. The van der Waals surface area contributed by atoms with E-state index in [-0.39, 0.29) is 23.9 Å². The van der Waals surface area contributed by atoms with Crippen LogP contribution in [-0.2, 0) is 9.47 Å². The number of nitrogens with zero attached hydrogens (tertiary/aromatic N) is 1. The van der Waals surface area contributed by atoms with E-state index in [0.29, 0.717) is 17.2 Å². The molecule has 0 N–H and O–H groups in total. The number of benzene rings is 2. The minimum atomic E-state index is -0.433. The Labute approximate surface area is 175 Å². The molecular formula is C25H23NO4. The van der Waals surface area contributed by atoms with E-state index < -0.39 is 5.97 Å². The molecule has 30 heavy (non-hydrogen) atoms. The summed E-state index contributed by atoms with van der Waals surface area (Å²) in [5.41, 5.74) is 1.82. The molecule has 152 valence electrons. The van der Waals surface area contributed by atoms with Crippen molar-refractivity contribution in [1.29, 1.82) is 0 Å². The average molecular weight is 401 g/mol. The molecule has 2 aromatic carbocycles. The van der Waals surface area contributed by atoms with Crippen LogP contribution in [0, 0.1) is 11.8 Å². The highest BCUT2D eigenvalue weighted by atomic mass is 16.5. The number of carbonyl (C=O) groups is 2. The predicted octanol–water partition coefficient (Wildman–Crippen LogP) is 4.76. The zero-order valence-electron chi connectivity index (χ0n) is 16.8. The number of esters is 2. The van der Waals surface area contributed by atoms with Crippen molar-refractivity contribution in [3.8, 4) is 0 Å². The molecule has 0 aliphatic heterocycles. The largest absolute Gasteiger partial charge is 0.464 e. The van der Waals surface area contributed by atoms with Gasteiger partial charge >= 0.3 is 11.9 Å². The second kappa shape index (κ2) is 7.56. The van der Waals surface area contributed by atoms with Crippen LogP contribution in [0.3, 0.4) is 0 Å². The fraction of sp³-hybridized carbons (Fsp3) is 0.320. The summed E-state index contributed by atoms with van der Waals surface area (Å²) in [6.45, 7) is 0. The lowest BCUT2D eigenvalue weighted by atomic mass is 9.82. The molecule has 5 heteroatoms. The molecule has 1 heterocycles. The van der Waals surface area contributed by atoms with E-state index in [1.807, 2.05) is 36.4 Å². The molecule has 2 saturated carbocycles. The van der Waals surface area contributed by atoms with Crippen LogP contribution in [0.4, 0.5) is 0 Å². The summed E-state index contributed by atoms with van der Waals surface area (Å²) >= 11 is 0. The van der Waals surface area contributed by atoms with Gasteiger partial charge in [-0.2, -0.15) is 0 Å². The van der Waals surface area contributed by atoms with Gasteiger partial charge in [-0.3, -0.25) is 0 Å². The number of hydrogen-bond acceptors (Lipinski definition) is 5. The molecule has 4 atom stereocenters. The van der Waals surface area contributed by atoms with Crippen molar-refractivity contribution in [1.82, 2.24) is 4.98 Å². The highest BCUT2D eigenvalue weighted by Gasteiger charge is 2.49. The number of methoxy groups -OCH3 is 1. The molecule has 3 aromatic rings. The Morgan fingerprint density at radius 1 is 0.933 bits per heavy atom. The van der Waals surface area contributed by atoms with Crippen molar-refractivity contribution >= 4 is 22.7 Å². The van der Waals surface area contributed by atoms with Crippen molar-refractivity contribution in [2.24, 2.45) is 11.8 Å². The molecule has 2 fully saturated rings. The first kappa shape index (κ1) is 18.8. The van der Waals surface area contributed by atoms with Crippen LogP contribution in [0.25, 0.3) is 10.8 Å². The van der Waals surface area contributed by atoms with Crippen molar-refractivity contribution in [2.45, 2.75) is 31.3 Å². The first-order valence-corrected chi connectivity index (χ1v) is 10.4. The Morgan fingerprint density at radius 2 is 1.70 bits per heavy atom. The molecule has 0 amide bonds. The third-order valence-corrected chi connectivity index (χ3v) is 6.54. The Kier molecular flexibility index (Phi) is 4.74. The van der Waals surface area contributed by atoms with Crippen molar-refractivity contribution in [3.05, 3.63) is 77.6 Å². The zero-order chi connectivity index (χ0) is 20.7. The quantitative estimate of drug-likeness (QED) is 0.590. The third kappa shape index (κ3) is 3.24. The maximum atomic E-state index is 12.6. The summed E-state index contributed by atoms with van der Waals surface area (Å²) in [6.07, 6.45) is 2.81. The van der Waals surface area contributed by atoms with Gasteiger partial charge in [0.1, 0.15) is 11.8 Å². The fourth-order valence-corrected chi connectivity index (χ4v) is 5.23. The lowest BCUT2D eigenvalue weighted by molar-refractivity contribution is 0.0125. The Bertz CT molecular complexity index is 1110. The molecule has 0 unspecified atom stereocenters. The number of hydrogen-bond donors (Lipinski definition) is 0. The van der Waals surface area contributed by atoms with E-state index in [4.69, 9.17) is 14.5 Å².